The second kappa shape index (κ2) is 5.63. The number of ketones is 1. The van der Waals surface area contributed by atoms with Gasteiger partial charge in [-0.3, -0.25) is 9.69 Å². The van der Waals surface area contributed by atoms with Crippen molar-refractivity contribution in [3.63, 3.8) is 0 Å². The first kappa shape index (κ1) is 13.2. The molecule has 1 fully saturated rings. The Bertz CT molecular complexity index is 394. The number of rotatable bonds is 4. The Balaban J connectivity index is 2.02. The molecule has 0 unspecified atom stereocenters. The molecule has 18 heavy (non-hydrogen) atoms. The van der Waals surface area contributed by atoms with E-state index in [1.807, 2.05) is 44.2 Å². The van der Waals surface area contributed by atoms with Crippen LogP contribution in [0.15, 0.2) is 30.3 Å². The number of hydrogen-bond donors (Lipinski definition) is 1. The van der Waals surface area contributed by atoms with E-state index in [2.05, 4.69) is 10.2 Å². The molecule has 0 saturated carbocycles. The molecule has 0 atom stereocenters. The molecular weight excluding hydrogens is 224 g/mol. The van der Waals surface area contributed by atoms with E-state index in [1.54, 1.807) is 0 Å². The van der Waals surface area contributed by atoms with Crippen molar-refractivity contribution in [2.45, 2.75) is 25.8 Å². The van der Waals surface area contributed by atoms with Crippen LogP contribution in [0, 0.1) is 0 Å². The lowest BCUT2D eigenvalue weighted by atomic mass is 9.91. The van der Waals surface area contributed by atoms with Crippen molar-refractivity contribution >= 4 is 5.78 Å². The zero-order valence-electron chi connectivity index (χ0n) is 11.3. The molecule has 2 rings (SSSR count). The van der Waals surface area contributed by atoms with Gasteiger partial charge in [-0.15, -0.1) is 0 Å². The highest BCUT2D eigenvalue weighted by Crippen LogP contribution is 2.18. The number of nitrogens with zero attached hydrogens (tertiary/aromatic N) is 1. The fourth-order valence-corrected chi connectivity index (χ4v) is 2.40. The van der Waals surface area contributed by atoms with Gasteiger partial charge in [-0.1, -0.05) is 30.3 Å². The van der Waals surface area contributed by atoms with Gasteiger partial charge in [0.1, 0.15) is 0 Å². The first-order valence-corrected chi connectivity index (χ1v) is 6.64. The van der Waals surface area contributed by atoms with Crippen molar-refractivity contribution in [3.8, 4) is 0 Å². The van der Waals surface area contributed by atoms with Gasteiger partial charge in [-0.05, 0) is 19.4 Å². The lowest BCUT2D eigenvalue weighted by Crippen LogP contribution is -2.57. The van der Waals surface area contributed by atoms with Crippen molar-refractivity contribution in [1.82, 2.24) is 10.2 Å². The minimum Gasteiger partial charge on any atom is -0.314 e. The highest BCUT2D eigenvalue weighted by molar-refractivity contribution is 5.89. The smallest absolute Gasteiger partial charge is 0.156 e. The monoisotopic (exact) mass is 246 g/mol. The maximum Gasteiger partial charge on any atom is 0.156 e. The van der Waals surface area contributed by atoms with Crippen molar-refractivity contribution in [3.05, 3.63) is 35.9 Å². The molecule has 0 aliphatic carbocycles. The number of Topliss-reactive ketones (excluding diaryl/α,β-unsaturated/α-hetero) is 1. The third-order valence-electron chi connectivity index (χ3n) is 3.80. The van der Waals surface area contributed by atoms with Crippen LogP contribution >= 0.6 is 0 Å². The lowest BCUT2D eigenvalue weighted by molar-refractivity contribution is -0.129. The summed E-state index contributed by atoms with van der Waals surface area (Å²) in [7, 11) is 0. The van der Waals surface area contributed by atoms with Crippen LogP contribution in [0.5, 0.6) is 0 Å². The number of nitrogens with one attached hydrogen (secondary N) is 1. The summed E-state index contributed by atoms with van der Waals surface area (Å²) in [5, 5.41) is 3.32. The summed E-state index contributed by atoms with van der Waals surface area (Å²) in [4.78, 5) is 14.8. The number of carbonyl (C=O) groups excluding carboxylic acids is 1. The third-order valence-corrected chi connectivity index (χ3v) is 3.80. The van der Waals surface area contributed by atoms with Crippen LogP contribution in [-0.2, 0) is 11.2 Å². The summed E-state index contributed by atoms with van der Waals surface area (Å²) < 4.78 is 0. The molecule has 0 amide bonds. The predicted octanol–water partition coefficient (Wildman–Crippen LogP) is 1.48. The van der Waals surface area contributed by atoms with Crippen LogP contribution in [0.3, 0.4) is 0 Å². The average molecular weight is 246 g/mol. The molecule has 1 saturated heterocycles. The van der Waals surface area contributed by atoms with Crippen molar-refractivity contribution in [1.29, 1.82) is 0 Å². The van der Waals surface area contributed by atoms with E-state index in [9.17, 15) is 4.79 Å². The number of piperazine rings is 1. The molecule has 1 aromatic carbocycles. The van der Waals surface area contributed by atoms with E-state index >= 15 is 0 Å². The van der Waals surface area contributed by atoms with Crippen molar-refractivity contribution in [2.24, 2.45) is 0 Å². The largest absolute Gasteiger partial charge is 0.314 e. The zero-order chi connectivity index (χ0) is 13.0. The van der Waals surface area contributed by atoms with Gasteiger partial charge in [0.25, 0.3) is 0 Å². The minimum absolute atomic E-state index is 0.301. The summed E-state index contributed by atoms with van der Waals surface area (Å²) in [5.41, 5.74) is 0.739. The first-order chi connectivity index (χ1) is 8.60. The van der Waals surface area contributed by atoms with E-state index < -0.39 is 0 Å². The Morgan fingerprint density at radius 2 is 1.83 bits per heavy atom. The van der Waals surface area contributed by atoms with Crippen LogP contribution in [0.1, 0.15) is 19.4 Å². The molecule has 0 spiro atoms. The van der Waals surface area contributed by atoms with Crippen molar-refractivity contribution < 1.29 is 4.79 Å². The lowest BCUT2D eigenvalue weighted by Gasteiger charge is -2.40. The van der Waals surface area contributed by atoms with Gasteiger partial charge in [0.05, 0.1) is 5.54 Å². The first-order valence-electron chi connectivity index (χ1n) is 6.64. The summed E-state index contributed by atoms with van der Waals surface area (Å²) in [6.07, 6.45) is 0.526. The van der Waals surface area contributed by atoms with Crippen LogP contribution in [0.4, 0.5) is 0 Å². The van der Waals surface area contributed by atoms with Gasteiger partial charge in [-0.25, -0.2) is 0 Å². The zero-order valence-corrected chi connectivity index (χ0v) is 11.3. The summed E-state index contributed by atoms with van der Waals surface area (Å²) >= 11 is 0. The molecule has 3 heteroatoms. The van der Waals surface area contributed by atoms with Gasteiger partial charge in [-0.2, -0.15) is 0 Å². The summed E-state index contributed by atoms with van der Waals surface area (Å²) in [6.45, 7) is 7.94. The quantitative estimate of drug-likeness (QED) is 0.873. The van der Waals surface area contributed by atoms with Crippen LogP contribution in [0.2, 0.25) is 0 Å². The van der Waals surface area contributed by atoms with Crippen LogP contribution in [0.25, 0.3) is 0 Å². The SMILES string of the molecule is CC(C)(C(=O)Cc1ccccc1)N1CCNCC1. The van der Waals surface area contributed by atoms with Gasteiger partial charge in [0, 0.05) is 32.6 Å². The normalized spacial score (nSPS) is 17.7. The van der Waals surface area contributed by atoms with Crippen LogP contribution in [-0.4, -0.2) is 42.4 Å². The van der Waals surface area contributed by atoms with E-state index in [4.69, 9.17) is 0 Å². The molecule has 1 N–H and O–H groups in total. The number of carbonyl (C=O) groups is 1. The molecule has 1 aliphatic rings. The highest BCUT2D eigenvalue weighted by Gasteiger charge is 2.34. The molecule has 1 heterocycles. The molecule has 98 valence electrons. The molecule has 1 aromatic rings. The summed E-state index contributed by atoms with van der Waals surface area (Å²) in [5.74, 6) is 0.301. The Hall–Kier alpha value is -1.19. The molecule has 0 radical (unpaired) electrons. The summed E-state index contributed by atoms with van der Waals surface area (Å²) in [6, 6.07) is 9.99. The second-order valence-corrected chi connectivity index (χ2v) is 5.38. The van der Waals surface area contributed by atoms with Gasteiger partial charge in [0.15, 0.2) is 5.78 Å². The van der Waals surface area contributed by atoms with E-state index in [1.165, 1.54) is 0 Å². The topological polar surface area (TPSA) is 32.3 Å². The third kappa shape index (κ3) is 2.98. The molecule has 3 nitrogen and oxygen atoms in total. The van der Waals surface area contributed by atoms with Gasteiger partial charge >= 0.3 is 0 Å². The molecule has 0 aromatic heterocycles. The fraction of sp³-hybridized carbons (Fsp3) is 0.533. The molecule has 0 bridgehead atoms. The molecular formula is C15H22N2O. The Morgan fingerprint density at radius 3 is 2.44 bits per heavy atom. The van der Waals surface area contributed by atoms with Crippen LogP contribution < -0.4 is 5.32 Å². The number of hydrogen-bond acceptors (Lipinski definition) is 3. The maximum absolute atomic E-state index is 12.5. The average Bonchev–Trinajstić information content (AvgIpc) is 2.41. The predicted molar refractivity (Wildman–Crippen MR) is 73.7 cm³/mol. The van der Waals surface area contributed by atoms with E-state index in [0.29, 0.717) is 12.2 Å². The van der Waals surface area contributed by atoms with E-state index in [-0.39, 0.29) is 5.54 Å². The minimum atomic E-state index is -0.363. The van der Waals surface area contributed by atoms with Gasteiger partial charge < -0.3 is 5.32 Å². The van der Waals surface area contributed by atoms with Crippen molar-refractivity contribution in [2.75, 3.05) is 26.2 Å². The Labute approximate surface area is 109 Å². The number of benzene rings is 1. The highest BCUT2D eigenvalue weighted by atomic mass is 16.1. The standard InChI is InChI=1S/C15H22N2O/c1-15(2,17-10-8-16-9-11-17)14(18)12-13-6-4-3-5-7-13/h3-7,16H,8-12H2,1-2H3. The van der Waals surface area contributed by atoms with E-state index in [0.717, 1.165) is 31.7 Å². The Kier molecular flexibility index (Phi) is 4.15. The molecule has 1 aliphatic heterocycles. The fourth-order valence-electron chi connectivity index (χ4n) is 2.40. The second-order valence-electron chi connectivity index (χ2n) is 5.38. The maximum atomic E-state index is 12.5. The van der Waals surface area contributed by atoms with Gasteiger partial charge in [0.2, 0.25) is 0 Å². The Morgan fingerprint density at radius 1 is 1.22 bits per heavy atom.